The molecule has 0 bridgehead atoms. The van der Waals surface area contributed by atoms with Crippen LogP contribution in [-0.2, 0) is 6.42 Å². The average Bonchev–Trinajstić information content (AvgIpc) is 2.26. The fraction of sp³-hybridized carbons (Fsp3) is 0.364. The van der Waals surface area contributed by atoms with Gasteiger partial charge in [0.25, 0.3) is 0 Å². The molecule has 0 spiro atoms. The van der Waals surface area contributed by atoms with Crippen molar-refractivity contribution in [1.29, 1.82) is 0 Å². The van der Waals surface area contributed by atoms with Crippen molar-refractivity contribution >= 4 is 15.3 Å². The molecule has 0 aromatic heterocycles. The number of amides is 2. The number of phenolic OH excluding ortho intramolecular Hbond substituents is 1. The van der Waals surface area contributed by atoms with Crippen LogP contribution in [0.1, 0.15) is 5.56 Å². The van der Waals surface area contributed by atoms with Gasteiger partial charge in [0.05, 0.1) is 0 Å². The second-order valence-corrected chi connectivity index (χ2v) is 3.97. The van der Waals surface area contributed by atoms with Crippen LogP contribution < -0.4 is 10.6 Å². The SMILES string of the molecule is O=C(NCCP)NCCc1cccc(O)c1. The normalized spacial score (nSPS) is 9.81. The van der Waals surface area contributed by atoms with E-state index in [-0.39, 0.29) is 11.8 Å². The topological polar surface area (TPSA) is 61.4 Å². The summed E-state index contributed by atoms with van der Waals surface area (Å²) in [5.74, 6) is 0.255. The summed E-state index contributed by atoms with van der Waals surface area (Å²) in [6.07, 6.45) is 1.56. The van der Waals surface area contributed by atoms with Crippen molar-refractivity contribution < 1.29 is 9.90 Å². The zero-order valence-electron chi connectivity index (χ0n) is 9.07. The Kier molecular flexibility index (Phi) is 5.65. The Bertz CT molecular complexity index is 345. The van der Waals surface area contributed by atoms with E-state index in [4.69, 9.17) is 0 Å². The van der Waals surface area contributed by atoms with Crippen LogP contribution in [0.5, 0.6) is 5.75 Å². The van der Waals surface area contributed by atoms with E-state index >= 15 is 0 Å². The van der Waals surface area contributed by atoms with Gasteiger partial charge in [-0.3, -0.25) is 0 Å². The summed E-state index contributed by atoms with van der Waals surface area (Å²) in [6.45, 7) is 1.22. The monoisotopic (exact) mass is 240 g/mol. The molecule has 0 aliphatic rings. The van der Waals surface area contributed by atoms with E-state index in [0.29, 0.717) is 19.5 Å². The first-order chi connectivity index (χ1) is 7.72. The minimum absolute atomic E-state index is 0.150. The minimum atomic E-state index is -0.150. The number of urea groups is 1. The van der Waals surface area contributed by atoms with E-state index in [0.717, 1.165) is 11.7 Å². The number of hydrogen-bond acceptors (Lipinski definition) is 2. The fourth-order valence-corrected chi connectivity index (χ4v) is 1.42. The first kappa shape index (κ1) is 12.8. The highest BCUT2D eigenvalue weighted by Crippen LogP contribution is 2.10. The summed E-state index contributed by atoms with van der Waals surface area (Å²) in [5.41, 5.74) is 1.01. The van der Waals surface area contributed by atoms with Crippen LogP contribution in [0.4, 0.5) is 4.79 Å². The van der Waals surface area contributed by atoms with Crippen molar-refractivity contribution in [2.75, 3.05) is 19.3 Å². The van der Waals surface area contributed by atoms with Crippen LogP contribution in [0.3, 0.4) is 0 Å². The third-order valence-electron chi connectivity index (χ3n) is 2.04. The van der Waals surface area contributed by atoms with Gasteiger partial charge in [0.15, 0.2) is 0 Å². The molecule has 0 fully saturated rings. The molecule has 0 aliphatic carbocycles. The van der Waals surface area contributed by atoms with Crippen LogP contribution in [0.2, 0.25) is 0 Å². The number of hydrogen-bond donors (Lipinski definition) is 3. The molecule has 88 valence electrons. The third-order valence-corrected chi connectivity index (χ3v) is 2.33. The van der Waals surface area contributed by atoms with E-state index in [1.165, 1.54) is 0 Å². The number of aromatic hydroxyl groups is 1. The number of nitrogens with one attached hydrogen (secondary N) is 2. The summed E-state index contributed by atoms with van der Waals surface area (Å²) in [6, 6.07) is 6.88. The molecular formula is C11H17N2O2P. The molecule has 1 aromatic carbocycles. The molecule has 1 rings (SSSR count). The lowest BCUT2D eigenvalue weighted by molar-refractivity contribution is 0.241. The molecule has 0 saturated heterocycles. The third kappa shape index (κ3) is 4.99. The molecule has 2 amide bonds. The highest BCUT2D eigenvalue weighted by Gasteiger charge is 1.98. The molecule has 16 heavy (non-hydrogen) atoms. The molecule has 0 radical (unpaired) electrons. The first-order valence-electron chi connectivity index (χ1n) is 5.22. The summed E-state index contributed by atoms with van der Waals surface area (Å²) < 4.78 is 0. The van der Waals surface area contributed by atoms with Crippen LogP contribution >= 0.6 is 9.24 Å². The Balaban J connectivity index is 2.22. The van der Waals surface area contributed by atoms with Gasteiger partial charge in [-0.15, -0.1) is 9.24 Å². The maximum Gasteiger partial charge on any atom is 0.314 e. The standard InChI is InChI=1S/C11H17N2O2P/c14-10-3-1-2-9(8-10)4-5-12-11(15)13-6-7-16/h1-3,8,14H,4-7,16H2,(H2,12,13,15). The van der Waals surface area contributed by atoms with Crippen molar-refractivity contribution in [3.8, 4) is 5.75 Å². The predicted octanol–water partition coefficient (Wildman–Crippen LogP) is 1.11. The Labute approximate surface area is 97.6 Å². The lowest BCUT2D eigenvalue weighted by Gasteiger charge is -2.06. The summed E-state index contributed by atoms with van der Waals surface area (Å²) in [5, 5.41) is 14.7. The van der Waals surface area contributed by atoms with Crippen LogP contribution in [0, 0.1) is 0 Å². The van der Waals surface area contributed by atoms with Crippen molar-refractivity contribution in [1.82, 2.24) is 10.6 Å². The highest BCUT2D eigenvalue weighted by atomic mass is 31.0. The van der Waals surface area contributed by atoms with Crippen molar-refractivity contribution in [2.24, 2.45) is 0 Å². The molecular weight excluding hydrogens is 223 g/mol. The number of benzene rings is 1. The Morgan fingerprint density at radius 1 is 1.31 bits per heavy atom. The van der Waals surface area contributed by atoms with Gasteiger partial charge in [0, 0.05) is 13.1 Å². The zero-order valence-corrected chi connectivity index (χ0v) is 10.2. The van der Waals surface area contributed by atoms with E-state index in [9.17, 15) is 9.90 Å². The molecule has 5 heteroatoms. The smallest absolute Gasteiger partial charge is 0.314 e. The molecule has 0 saturated carbocycles. The van der Waals surface area contributed by atoms with Crippen LogP contribution in [-0.4, -0.2) is 30.4 Å². The van der Waals surface area contributed by atoms with Gasteiger partial charge in [-0.05, 0) is 30.3 Å². The van der Waals surface area contributed by atoms with Crippen molar-refractivity contribution in [3.05, 3.63) is 29.8 Å². The summed E-state index contributed by atoms with van der Waals surface area (Å²) in [4.78, 5) is 11.2. The highest BCUT2D eigenvalue weighted by molar-refractivity contribution is 7.16. The lowest BCUT2D eigenvalue weighted by atomic mass is 10.1. The Hall–Kier alpha value is -1.28. The Morgan fingerprint density at radius 2 is 2.06 bits per heavy atom. The largest absolute Gasteiger partial charge is 0.508 e. The molecule has 0 heterocycles. The first-order valence-corrected chi connectivity index (χ1v) is 6.03. The maximum atomic E-state index is 11.2. The zero-order chi connectivity index (χ0) is 11.8. The van der Waals surface area contributed by atoms with Gasteiger partial charge >= 0.3 is 6.03 Å². The molecule has 1 atom stereocenters. The van der Waals surface area contributed by atoms with Crippen LogP contribution in [0.15, 0.2) is 24.3 Å². The van der Waals surface area contributed by atoms with Gasteiger partial charge in [0.1, 0.15) is 5.75 Å². The molecule has 0 aliphatic heterocycles. The second-order valence-electron chi connectivity index (χ2n) is 3.39. The number of rotatable bonds is 5. The average molecular weight is 240 g/mol. The van der Waals surface area contributed by atoms with E-state index in [1.54, 1.807) is 18.2 Å². The van der Waals surface area contributed by atoms with Gasteiger partial charge in [-0.1, -0.05) is 12.1 Å². The van der Waals surface area contributed by atoms with Crippen LogP contribution in [0.25, 0.3) is 0 Å². The van der Waals surface area contributed by atoms with Gasteiger partial charge in [-0.25, -0.2) is 4.79 Å². The summed E-state index contributed by atoms with van der Waals surface area (Å²) in [7, 11) is 2.55. The van der Waals surface area contributed by atoms with Crippen molar-refractivity contribution in [2.45, 2.75) is 6.42 Å². The molecule has 4 nitrogen and oxygen atoms in total. The minimum Gasteiger partial charge on any atom is -0.508 e. The lowest BCUT2D eigenvalue weighted by Crippen LogP contribution is -2.37. The van der Waals surface area contributed by atoms with E-state index in [2.05, 4.69) is 19.9 Å². The van der Waals surface area contributed by atoms with Gasteiger partial charge < -0.3 is 15.7 Å². The van der Waals surface area contributed by atoms with Gasteiger partial charge in [0.2, 0.25) is 0 Å². The Morgan fingerprint density at radius 3 is 2.75 bits per heavy atom. The molecule has 3 N–H and O–H groups in total. The predicted molar refractivity (Wildman–Crippen MR) is 67.8 cm³/mol. The molecule has 1 aromatic rings. The summed E-state index contributed by atoms with van der Waals surface area (Å²) >= 11 is 0. The van der Waals surface area contributed by atoms with E-state index in [1.807, 2.05) is 6.07 Å². The fourth-order valence-electron chi connectivity index (χ4n) is 1.28. The number of carbonyl (C=O) groups is 1. The number of carbonyl (C=O) groups excluding carboxylic acids is 1. The molecule has 1 unspecified atom stereocenters. The maximum absolute atomic E-state index is 11.2. The van der Waals surface area contributed by atoms with E-state index < -0.39 is 0 Å². The number of phenols is 1. The second kappa shape index (κ2) is 7.07. The van der Waals surface area contributed by atoms with Gasteiger partial charge in [-0.2, -0.15) is 0 Å². The van der Waals surface area contributed by atoms with Crippen molar-refractivity contribution in [3.63, 3.8) is 0 Å². The quantitative estimate of drug-likeness (QED) is 0.675.